The Hall–Kier alpha value is -2.25. The highest BCUT2D eigenvalue weighted by atomic mass is 35.5. The molecule has 2 N–H and O–H groups in total. The van der Waals surface area contributed by atoms with Crippen molar-refractivity contribution in [3.05, 3.63) is 47.2 Å². The molecule has 3 rings (SSSR count). The van der Waals surface area contributed by atoms with Crippen molar-refractivity contribution in [2.45, 2.75) is 17.1 Å². The molecule has 130 valence electrons. The lowest BCUT2D eigenvalue weighted by atomic mass is 10.2. The SMILES string of the molecule is CC(Sc1ccc(F)cc1)C(=O)Nc1cc2c(cc1Cl)NC(=O)CO2. The Morgan fingerprint density at radius 3 is 2.80 bits per heavy atom. The number of amides is 2. The first-order chi connectivity index (χ1) is 11.9. The molecular formula is C17H14ClFN2O3S. The molecule has 1 aliphatic heterocycles. The fourth-order valence-electron chi connectivity index (χ4n) is 2.20. The Labute approximate surface area is 152 Å². The highest BCUT2D eigenvalue weighted by Crippen LogP contribution is 2.36. The molecule has 0 aromatic heterocycles. The van der Waals surface area contributed by atoms with E-state index in [-0.39, 0.29) is 29.3 Å². The first kappa shape index (κ1) is 17.6. The van der Waals surface area contributed by atoms with Crippen molar-refractivity contribution in [1.29, 1.82) is 0 Å². The molecule has 1 heterocycles. The van der Waals surface area contributed by atoms with Crippen LogP contribution in [0.4, 0.5) is 15.8 Å². The van der Waals surface area contributed by atoms with Gasteiger partial charge in [0, 0.05) is 11.0 Å². The summed E-state index contributed by atoms with van der Waals surface area (Å²) in [6.07, 6.45) is 0. The summed E-state index contributed by atoms with van der Waals surface area (Å²) in [6, 6.07) is 9.03. The molecule has 0 aliphatic carbocycles. The van der Waals surface area contributed by atoms with Gasteiger partial charge in [-0.05, 0) is 37.3 Å². The fraction of sp³-hybridized carbons (Fsp3) is 0.176. The Balaban J connectivity index is 1.70. The fourth-order valence-corrected chi connectivity index (χ4v) is 3.28. The van der Waals surface area contributed by atoms with Gasteiger partial charge in [-0.3, -0.25) is 9.59 Å². The monoisotopic (exact) mass is 380 g/mol. The average molecular weight is 381 g/mol. The summed E-state index contributed by atoms with van der Waals surface area (Å²) >= 11 is 7.47. The number of benzene rings is 2. The number of rotatable bonds is 4. The zero-order valence-corrected chi connectivity index (χ0v) is 14.7. The van der Waals surface area contributed by atoms with E-state index in [1.807, 2.05) is 0 Å². The largest absolute Gasteiger partial charge is 0.482 e. The lowest BCUT2D eigenvalue weighted by Gasteiger charge is -2.20. The second kappa shape index (κ2) is 7.33. The van der Waals surface area contributed by atoms with E-state index >= 15 is 0 Å². The molecule has 0 saturated heterocycles. The van der Waals surface area contributed by atoms with Crippen LogP contribution in [0.2, 0.25) is 5.02 Å². The maximum absolute atomic E-state index is 12.9. The summed E-state index contributed by atoms with van der Waals surface area (Å²) in [6.45, 7) is 1.66. The molecule has 5 nitrogen and oxygen atoms in total. The van der Waals surface area contributed by atoms with Gasteiger partial charge in [0.05, 0.1) is 21.6 Å². The van der Waals surface area contributed by atoms with E-state index < -0.39 is 5.25 Å². The second-order valence-corrected chi connectivity index (χ2v) is 7.19. The van der Waals surface area contributed by atoms with Crippen molar-refractivity contribution < 1.29 is 18.7 Å². The smallest absolute Gasteiger partial charge is 0.262 e. The molecule has 0 fully saturated rings. The third-order valence-corrected chi connectivity index (χ3v) is 4.88. The van der Waals surface area contributed by atoms with Crippen LogP contribution in [0, 0.1) is 5.82 Å². The van der Waals surface area contributed by atoms with Crippen molar-refractivity contribution in [3.8, 4) is 5.75 Å². The Kier molecular flexibility index (Phi) is 5.15. The van der Waals surface area contributed by atoms with Crippen molar-refractivity contribution in [3.63, 3.8) is 0 Å². The van der Waals surface area contributed by atoms with Crippen LogP contribution < -0.4 is 15.4 Å². The minimum absolute atomic E-state index is 0.0845. The van der Waals surface area contributed by atoms with Gasteiger partial charge in [0.1, 0.15) is 11.6 Å². The minimum atomic E-state index is -0.418. The van der Waals surface area contributed by atoms with E-state index in [1.165, 1.54) is 30.0 Å². The van der Waals surface area contributed by atoms with Crippen LogP contribution in [0.1, 0.15) is 6.92 Å². The molecular weight excluding hydrogens is 367 g/mol. The van der Waals surface area contributed by atoms with Gasteiger partial charge in [-0.1, -0.05) is 11.6 Å². The van der Waals surface area contributed by atoms with E-state index in [4.69, 9.17) is 16.3 Å². The van der Waals surface area contributed by atoms with Crippen LogP contribution in [0.25, 0.3) is 0 Å². The topological polar surface area (TPSA) is 67.4 Å². The number of nitrogens with one attached hydrogen (secondary N) is 2. The van der Waals surface area contributed by atoms with E-state index in [9.17, 15) is 14.0 Å². The highest BCUT2D eigenvalue weighted by molar-refractivity contribution is 8.00. The molecule has 8 heteroatoms. The summed E-state index contributed by atoms with van der Waals surface area (Å²) in [5.41, 5.74) is 0.862. The molecule has 2 aromatic rings. The Morgan fingerprint density at radius 2 is 2.08 bits per heavy atom. The molecule has 2 aromatic carbocycles. The van der Waals surface area contributed by atoms with Gasteiger partial charge in [0.2, 0.25) is 5.91 Å². The predicted octanol–water partition coefficient (Wildman–Crippen LogP) is 3.93. The van der Waals surface area contributed by atoms with E-state index in [0.717, 1.165) is 4.90 Å². The number of halogens is 2. The van der Waals surface area contributed by atoms with Crippen LogP contribution in [0.5, 0.6) is 5.75 Å². The molecule has 0 spiro atoms. The molecule has 1 aliphatic rings. The number of carbonyl (C=O) groups excluding carboxylic acids is 2. The van der Waals surface area contributed by atoms with Gasteiger partial charge in [0.15, 0.2) is 6.61 Å². The van der Waals surface area contributed by atoms with Crippen molar-refractivity contribution in [2.24, 2.45) is 0 Å². The van der Waals surface area contributed by atoms with E-state index in [2.05, 4.69) is 10.6 Å². The number of ether oxygens (including phenoxy) is 1. The number of fused-ring (bicyclic) bond motifs is 1. The number of hydrogen-bond donors (Lipinski definition) is 2. The average Bonchev–Trinajstić information content (AvgIpc) is 2.57. The van der Waals surface area contributed by atoms with E-state index in [0.29, 0.717) is 17.1 Å². The number of carbonyl (C=O) groups is 2. The van der Waals surface area contributed by atoms with Crippen LogP contribution in [0.3, 0.4) is 0 Å². The summed E-state index contributed by atoms with van der Waals surface area (Å²) in [7, 11) is 0. The lowest BCUT2D eigenvalue weighted by molar-refractivity contribution is -0.118. The lowest BCUT2D eigenvalue weighted by Crippen LogP contribution is -2.26. The maximum Gasteiger partial charge on any atom is 0.262 e. The number of hydrogen-bond acceptors (Lipinski definition) is 4. The van der Waals surface area contributed by atoms with Crippen LogP contribution >= 0.6 is 23.4 Å². The maximum atomic E-state index is 12.9. The summed E-state index contributed by atoms with van der Waals surface area (Å²) < 4.78 is 18.3. The normalized spacial score (nSPS) is 14.1. The highest BCUT2D eigenvalue weighted by Gasteiger charge is 2.21. The van der Waals surface area contributed by atoms with Crippen molar-refractivity contribution >= 4 is 46.6 Å². The van der Waals surface area contributed by atoms with Gasteiger partial charge < -0.3 is 15.4 Å². The quantitative estimate of drug-likeness (QED) is 0.789. The molecule has 0 bridgehead atoms. The molecule has 25 heavy (non-hydrogen) atoms. The molecule has 1 unspecified atom stereocenters. The predicted molar refractivity (Wildman–Crippen MR) is 95.9 cm³/mol. The molecule has 1 atom stereocenters. The number of thioether (sulfide) groups is 1. The number of anilines is 2. The van der Waals surface area contributed by atoms with Crippen LogP contribution in [0.15, 0.2) is 41.3 Å². The first-order valence-electron chi connectivity index (χ1n) is 7.41. The van der Waals surface area contributed by atoms with Crippen molar-refractivity contribution in [2.75, 3.05) is 17.2 Å². The molecule has 2 amide bonds. The second-order valence-electron chi connectivity index (χ2n) is 5.37. The van der Waals surface area contributed by atoms with Crippen LogP contribution in [-0.2, 0) is 9.59 Å². The third kappa shape index (κ3) is 4.24. The van der Waals surface area contributed by atoms with E-state index in [1.54, 1.807) is 25.1 Å². The van der Waals surface area contributed by atoms with Crippen LogP contribution in [-0.4, -0.2) is 23.7 Å². The Bertz CT molecular complexity index is 829. The van der Waals surface area contributed by atoms with Crippen molar-refractivity contribution in [1.82, 2.24) is 0 Å². The molecule has 0 radical (unpaired) electrons. The molecule has 0 saturated carbocycles. The standard InChI is InChI=1S/C17H14ClFN2O3S/c1-9(25-11-4-2-10(19)3-5-11)17(23)21-13-7-15-14(6-12(13)18)20-16(22)8-24-15/h2-7,9H,8H2,1H3,(H,20,22)(H,21,23). The summed E-state index contributed by atoms with van der Waals surface area (Å²) in [5, 5.41) is 5.26. The van der Waals surface area contributed by atoms with Gasteiger partial charge >= 0.3 is 0 Å². The summed E-state index contributed by atoms with van der Waals surface area (Å²) in [5.74, 6) is -0.395. The first-order valence-corrected chi connectivity index (χ1v) is 8.67. The summed E-state index contributed by atoms with van der Waals surface area (Å²) in [4.78, 5) is 24.5. The van der Waals surface area contributed by atoms with Gasteiger partial charge in [-0.2, -0.15) is 0 Å². The van der Waals surface area contributed by atoms with Gasteiger partial charge in [-0.25, -0.2) is 4.39 Å². The van der Waals surface area contributed by atoms with Gasteiger partial charge in [0.25, 0.3) is 5.91 Å². The Morgan fingerprint density at radius 1 is 1.36 bits per heavy atom. The minimum Gasteiger partial charge on any atom is -0.482 e. The third-order valence-electron chi connectivity index (χ3n) is 3.46. The van der Waals surface area contributed by atoms with Gasteiger partial charge in [-0.15, -0.1) is 11.8 Å². The zero-order chi connectivity index (χ0) is 18.0. The zero-order valence-electron chi connectivity index (χ0n) is 13.1.